The van der Waals surface area contributed by atoms with Crippen LogP contribution in [0.4, 0.5) is 11.6 Å². The second-order valence-electron chi connectivity index (χ2n) is 5.25. The second kappa shape index (κ2) is 6.19. The number of anilines is 2. The highest BCUT2D eigenvalue weighted by atomic mass is 16.5. The van der Waals surface area contributed by atoms with Gasteiger partial charge in [0.2, 0.25) is 0 Å². The lowest BCUT2D eigenvalue weighted by atomic mass is 10.2. The van der Waals surface area contributed by atoms with Crippen LogP contribution in [-0.4, -0.2) is 41.8 Å². The number of ether oxygens (including phenoxy) is 1. The molecule has 0 aliphatic carbocycles. The van der Waals surface area contributed by atoms with E-state index in [-0.39, 0.29) is 12.2 Å². The molecular formula is C14H24N4O. The summed E-state index contributed by atoms with van der Waals surface area (Å²) < 4.78 is 5.76. The van der Waals surface area contributed by atoms with E-state index in [0.29, 0.717) is 0 Å². The van der Waals surface area contributed by atoms with Crippen LogP contribution in [0.3, 0.4) is 0 Å². The van der Waals surface area contributed by atoms with Gasteiger partial charge in [-0.1, -0.05) is 6.92 Å². The molecule has 106 valence electrons. The topological polar surface area (TPSA) is 50.3 Å². The predicted molar refractivity (Wildman–Crippen MR) is 77.8 cm³/mol. The molecule has 0 spiro atoms. The summed E-state index contributed by atoms with van der Waals surface area (Å²) >= 11 is 0. The van der Waals surface area contributed by atoms with E-state index in [1.54, 1.807) is 0 Å². The third-order valence-electron chi connectivity index (χ3n) is 3.12. The van der Waals surface area contributed by atoms with Crippen molar-refractivity contribution in [2.45, 2.75) is 46.3 Å². The van der Waals surface area contributed by atoms with Gasteiger partial charge in [-0.15, -0.1) is 0 Å². The molecule has 1 fully saturated rings. The molecule has 1 aliphatic rings. The molecule has 2 atom stereocenters. The van der Waals surface area contributed by atoms with E-state index in [0.717, 1.165) is 43.5 Å². The zero-order chi connectivity index (χ0) is 13.8. The number of aromatic nitrogens is 2. The number of hydrogen-bond acceptors (Lipinski definition) is 5. The van der Waals surface area contributed by atoms with Crippen molar-refractivity contribution in [1.29, 1.82) is 0 Å². The van der Waals surface area contributed by atoms with Crippen LogP contribution in [0, 0.1) is 6.92 Å². The zero-order valence-electron chi connectivity index (χ0n) is 12.3. The van der Waals surface area contributed by atoms with Crippen LogP contribution in [0.1, 0.15) is 33.0 Å². The molecule has 0 radical (unpaired) electrons. The second-order valence-corrected chi connectivity index (χ2v) is 5.25. The smallest absolute Gasteiger partial charge is 0.134 e. The number of aryl methyl sites for hydroxylation is 1. The van der Waals surface area contributed by atoms with Gasteiger partial charge in [-0.3, -0.25) is 0 Å². The van der Waals surface area contributed by atoms with E-state index < -0.39 is 0 Å². The van der Waals surface area contributed by atoms with E-state index >= 15 is 0 Å². The van der Waals surface area contributed by atoms with E-state index in [1.807, 2.05) is 13.0 Å². The van der Waals surface area contributed by atoms with Crippen LogP contribution in [0.5, 0.6) is 0 Å². The SMILES string of the molecule is CCCNc1cc(N2C[C@@H](C)O[C@@H](C)C2)nc(C)n1. The molecule has 1 aromatic heterocycles. The molecule has 5 heteroatoms. The maximum atomic E-state index is 5.76. The van der Waals surface area contributed by atoms with Gasteiger partial charge in [-0.2, -0.15) is 0 Å². The van der Waals surface area contributed by atoms with E-state index in [2.05, 4.69) is 41.0 Å². The maximum Gasteiger partial charge on any atom is 0.134 e. The standard InChI is InChI=1S/C14H24N4O/c1-5-6-15-13-7-14(17-12(4)16-13)18-8-10(2)19-11(3)9-18/h7,10-11H,5-6,8-9H2,1-4H3,(H,15,16,17)/t10-,11+. The summed E-state index contributed by atoms with van der Waals surface area (Å²) in [5, 5.41) is 3.33. The number of nitrogens with one attached hydrogen (secondary N) is 1. The summed E-state index contributed by atoms with van der Waals surface area (Å²) in [5.41, 5.74) is 0. The molecule has 1 N–H and O–H groups in total. The number of morpholine rings is 1. The first-order valence-electron chi connectivity index (χ1n) is 7.08. The molecule has 19 heavy (non-hydrogen) atoms. The van der Waals surface area contributed by atoms with Crippen LogP contribution in [-0.2, 0) is 4.74 Å². The predicted octanol–water partition coefficient (Wildman–Crippen LogP) is 2.22. The van der Waals surface area contributed by atoms with Crippen molar-refractivity contribution >= 4 is 11.6 Å². The van der Waals surface area contributed by atoms with Gasteiger partial charge in [0.1, 0.15) is 17.5 Å². The van der Waals surface area contributed by atoms with Crippen molar-refractivity contribution < 1.29 is 4.74 Å². The average Bonchev–Trinajstić information content (AvgIpc) is 2.34. The highest BCUT2D eigenvalue weighted by Crippen LogP contribution is 2.20. The number of rotatable bonds is 4. The van der Waals surface area contributed by atoms with E-state index in [4.69, 9.17) is 4.74 Å². The summed E-state index contributed by atoms with van der Waals surface area (Å²) in [4.78, 5) is 11.3. The van der Waals surface area contributed by atoms with Gasteiger partial charge in [0.25, 0.3) is 0 Å². The van der Waals surface area contributed by atoms with E-state index in [9.17, 15) is 0 Å². The normalized spacial score (nSPS) is 23.5. The first-order valence-corrected chi connectivity index (χ1v) is 7.08. The first-order chi connectivity index (χ1) is 9.08. The van der Waals surface area contributed by atoms with Crippen LogP contribution < -0.4 is 10.2 Å². The van der Waals surface area contributed by atoms with Crippen LogP contribution in [0.2, 0.25) is 0 Å². The van der Waals surface area contributed by atoms with Gasteiger partial charge in [0.05, 0.1) is 12.2 Å². The van der Waals surface area contributed by atoms with Gasteiger partial charge < -0.3 is 15.0 Å². The first kappa shape index (κ1) is 14.1. The third-order valence-corrected chi connectivity index (χ3v) is 3.12. The third kappa shape index (κ3) is 3.80. The molecule has 1 saturated heterocycles. The fourth-order valence-electron chi connectivity index (χ4n) is 2.42. The fraction of sp³-hybridized carbons (Fsp3) is 0.714. The molecule has 2 rings (SSSR count). The van der Waals surface area contributed by atoms with Crippen molar-refractivity contribution in [3.05, 3.63) is 11.9 Å². The molecule has 0 aromatic carbocycles. The summed E-state index contributed by atoms with van der Waals surface area (Å²) in [6.45, 7) is 11.0. The molecule has 5 nitrogen and oxygen atoms in total. The molecule has 0 saturated carbocycles. The zero-order valence-corrected chi connectivity index (χ0v) is 12.3. The lowest BCUT2D eigenvalue weighted by Crippen LogP contribution is -2.46. The molecule has 0 bridgehead atoms. The molecule has 0 unspecified atom stereocenters. The minimum Gasteiger partial charge on any atom is -0.372 e. The monoisotopic (exact) mass is 264 g/mol. The quantitative estimate of drug-likeness (QED) is 0.903. The van der Waals surface area contributed by atoms with Crippen molar-refractivity contribution in [2.75, 3.05) is 29.9 Å². The Labute approximate surface area is 115 Å². The van der Waals surface area contributed by atoms with Gasteiger partial charge in [-0.05, 0) is 27.2 Å². The fourth-order valence-corrected chi connectivity index (χ4v) is 2.42. The molecule has 2 heterocycles. The van der Waals surface area contributed by atoms with Gasteiger partial charge >= 0.3 is 0 Å². The number of hydrogen-bond donors (Lipinski definition) is 1. The molecule has 1 aromatic rings. The Kier molecular flexibility index (Phi) is 4.58. The Morgan fingerprint density at radius 3 is 2.63 bits per heavy atom. The summed E-state index contributed by atoms with van der Waals surface area (Å²) in [7, 11) is 0. The Morgan fingerprint density at radius 2 is 2.00 bits per heavy atom. The average molecular weight is 264 g/mol. The van der Waals surface area contributed by atoms with Crippen molar-refractivity contribution in [2.24, 2.45) is 0 Å². The van der Waals surface area contributed by atoms with Crippen molar-refractivity contribution in [3.8, 4) is 0 Å². The molecule has 0 amide bonds. The van der Waals surface area contributed by atoms with Crippen LogP contribution in [0.25, 0.3) is 0 Å². The Bertz CT molecular complexity index is 414. The van der Waals surface area contributed by atoms with E-state index in [1.165, 1.54) is 0 Å². The van der Waals surface area contributed by atoms with Gasteiger partial charge in [0.15, 0.2) is 0 Å². The molecular weight excluding hydrogens is 240 g/mol. The minimum absolute atomic E-state index is 0.242. The highest BCUT2D eigenvalue weighted by molar-refractivity contribution is 5.49. The van der Waals surface area contributed by atoms with Crippen LogP contribution in [0.15, 0.2) is 6.07 Å². The maximum absolute atomic E-state index is 5.76. The van der Waals surface area contributed by atoms with Crippen molar-refractivity contribution in [1.82, 2.24) is 9.97 Å². The van der Waals surface area contributed by atoms with Gasteiger partial charge in [0, 0.05) is 25.7 Å². The summed E-state index contributed by atoms with van der Waals surface area (Å²) in [5.74, 6) is 2.71. The lowest BCUT2D eigenvalue weighted by Gasteiger charge is -2.36. The summed E-state index contributed by atoms with van der Waals surface area (Å²) in [6, 6.07) is 2.04. The highest BCUT2D eigenvalue weighted by Gasteiger charge is 2.23. The van der Waals surface area contributed by atoms with Crippen molar-refractivity contribution in [3.63, 3.8) is 0 Å². The Morgan fingerprint density at radius 1 is 1.32 bits per heavy atom. The minimum atomic E-state index is 0.242. The Hall–Kier alpha value is -1.36. The number of nitrogens with zero attached hydrogens (tertiary/aromatic N) is 3. The molecule has 1 aliphatic heterocycles. The van der Waals surface area contributed by atoms with Crippen LogP contribution >= 0.6 is 0 Å². The largest absolute Gasteiger partial charge is 0.372 e. The summed E-state index contributed by atoms with van der Waals surface area (Å²) in [6.07, 6.45) is 1.57. The Balaban J connectivity index is 2.16. The lowest BCUT2D eigenvalue weighted by molar-refractivity contribution is -0.00547. The van der Waals surface area contributed by atoms with Gasteiger partial charge in [-0.25, -0.2) is 9.97 Å².